The lowest BCUT2D eigenvalue weighted by molar-refractivity contribution is -0.126. The number of carbonyl (C=O) groups excluding carboxylic acids is 2. The second-order valence-electron chi connectivity index (χ2n) is 5.99. The molecule has 0 radical (unpaired) electrons. The summed E-state index contributed by atoms with van der Waals surface area (Å²) in [5.74, 6) is 0.335. The maximum Gasteiger partial charge on any atom is 0.249 e. The molecule has 0 fully saturated rings. The summed E-state index contributed by atoms with van der Waals surface area (Å²) in [5.41, 5.74) is 3.68. The number of hydrogen-bond donors (Lipinski definition) is 2. The highest BCUT2D eigenvalue weighted by Gasteiger charge is 2.10. The third kappa shape index (κ3) is 7.57. The number of para-hydroxylation sites is 1. The Kier molecular flexibility index (Phi) is 9.17. The predicted molar refractivity (Wildman–Crippen MR) is 117 cm³/mol. The summed E-state index contributed by atoms with van der Waals surface area (Å²) in [4.78, 5) is 23.9. The van der Waals surface area contributed by atoms with Crippen LogP contribution < -0.4 is 20.2 Å². The van der Waals surface area contributed by atoms with Gasteiger partial charge in [0.05, 0.1) is 25.1 Å². The lowest BCUT2D eigenvalue weighted by atomic mass is 10.2. The summed E-state index contributed by atoms with van der Waals surface area (Å²) in [6.07, 6.45) is 2.04. The minimum atomic E-state index is -0.515. The van der Waals surface area contributed by atoms with E-state index < -0.39 is 11.8 Å². The zero-order valence-corrected chi connectivity index (χ0v) is 18.0. The topological polar surface area (TPSA) is 89.0 Å². The first-order chi connectivity index (χ1) is 14.0. The van der Waals surface area contributed by atoms with Crippen molar-refractivity contribution in [1.29, 1.82) is 0 Å². The van der Waals surface area contributed by atoms with Crippen LogP contribution in [0.25, 0.3) is 0 Å². The lowest BCUT2D eigenvalue weighted by Crippen LogP contribution is -2.24. The van der Waals surface area contributed by atoms with Crippen molar-refractivity contribution in [2.24, 2.45) is 5.10 Å². The van der Waals surface area contributed by atoms with Gasteiger partial charge in [-0.05, 0) is 65.2 Å². The Morgan fingerprint density at radius 2 is 1.86 bits per heavy atom. The second-order valence-corrected chi connectivity index (χ2v) is 6.84. The van der Waals surface area contributed by atoms with E-state index in [0.29, 0.717) is 30.4 Å². The van der Waals surface area contributed by atoms with E-state index in [9.17, 15) is 9.59 Å². The van der Waals surface area contributed by atoms with Crippen molar-refractivity contribution in [3.05, 3.63) is 52.5 Å². The van der Waals surface area contributed by atoms with E-state index in [-0.39, 0.29) is 6.42 Å². The molecule has 29 heavy (non-hydrogen) atoms. The molecule has 2 aromatic carbocycles. The summed E-state index contributed by atoms with van der Waals surface area (Å²) in [6.45, 7) is 5.03. The Morgan fingerprint density at radius 3 is 2.59 bits per heavy atom. The number of carbonyl (C=O) groups is 2. The highest BCUT2D eigenvalue weighted by molar-refractivity contribution is 9.10. The first kappa shape index (κ1) is 22.4. The van der Waals surface area contributed by atoms with E-state index in [1.807, 2.05) is 26.0 Å². The Bertz CT molecular complexity index is 871. The van der Waals surface area contributed by atoms with Gasteiger partial charge in [-0.3, -0.25) is 9.59 Å². The van der Waals surface area contributed by atoms with Crippen molar-refractivity contribution >= 4 is 39.6 Å². The molecule has 2 rings (SSSR count). The molecule has 154 valence electrons. The summed E-state index contributed by atoms with van der Waals surface area (Å²) < 4.78 is 12.0. The molecule has 2 aromatic rings. The van der Waals surface area contributed by atoms with Gasteiger partial charge in [0.1, 0.15) is 6.42 Å². The fourth-order valence-corrected chi connectivity index (χ4v) is 2.71. The summed E-state index contributed by atoms with van der Waals surface area (Å²) in [5, 5.41) is 6.57. The molecule has 2 amide bonds. The van der Waals surface area contributed by atoms with E-state index >= 15 is 0 Å². The maximum atomic E-state index is 12.0. The molecule has 8 heteroatoms. The van der Waals surface area contributed by atoms with E-state index in [1.54, 1.807) is 30.3 Å². The highest BCUT2D eigenvalue weighted by atomic mass is 79.9. The molecule has 0 aliphatic carbocycles. The van der Waals surface area contributed by atoms with E-state index in [2.05, 4.69) is 31.8 Å². The second kappa shape index (κ2) is 11.9. The molecule has 0 bridgehead atoms. The van der Waals surface area contributed by atoms with Crippen molar-refractivity contribution in [1.82, 2.24) is 5.43 Å². The van der Waals surface area contributed by atoms with Crippen molar-refractivity contribution < 1.29 is 19.1 Å². The van der Waals surface area contributed by atoms with Crippen LogP contribution in [-0.4, -0.2) is 31.2 Å². The number of nitrogens with zero attached hydrogens (tertiary/aromatic N) is 1. The van der Waals surface area contributed by atoms with E-state index in [0.717, 1.165) is 16.5 Å². The summed E-state index contributed by atoms with van der Waals surface area (Å²) >= 11 is 3.34. The van der Waals surface area contributed by atoms with Crippen LogP contribution in [0, 0.1) is 0 Å². The fourth-order valence-electron chi connectivity index (χ4n) is 2.33. The van der Waals surface area contributed by atoms with Gasteiger partial charge < -0.3 is 14.8 Å². The molecule has 0 aliphatic rings. The molecule has 2 N–H and O–H groups in total. The average Bonchev–Trinajstić information content (AvgIpc) is 2.69. The SMILES string of the molecule is CCCOc1ccc(C=NNC(=O)CC(=O)Nc2ccccc2Br)cc1OCC. The number of rotatable bonds is 10. The molecule has 0 aromatic heterocycles. The number of halogens is 1. The number of ether oxygens (including phenoxy) is 2. The summed E-state index contributed by atoms with van der Waals surface area (Å²) in [7, 11) is 0. The van der Waals surface area contributed by atoms with Crippen LogP contribution in [0.2, 0.25) is 0 Å². The van der Waals surface area contributed by atoms with Gasteiger partial charge in [-0.1, -0.05) is 19.1 Å². The molecule has 0 heterocycles. The normalized spacial score (nSPS) is 10.6. The van der Waals surface area contributed by atoms with E-state index in [1.165, 1.54) is 6.21 Å². The average molecular weight is 462 g/mol. The Labute approximate surface area is 178 Å². The van der Waals surface area contributed by atoms with Crippen LogP contribution in [0.1, 0.15) is 32.3 Å². The number of anilines is 1. The van der Waals surface area contributed by atoms with Gasteiger partial charge in [0.25, 0.3) is 0 Å². The largest absolute Gasteiger partial charge is 0.490 e. The molecule has 7 nitrogen and oxygen atoms in total. The zero-order valence-electron chi connectivity index (χ0n) is 16.4. The minimum absolute atomic E-state index is 0.341. The van der Waals surface area contributed by atoms with Gasteiger partial charge in [-0.2, -0.15) is 5.10 Å². The van der Waals surface area contributed by atoms with Gasteiger partial charge in [-0.25, -0.2) is 5.43 Å². The predicted octanol–water partition coefficient (Wildman–Crippen LogP) is 4.12. The minimum Gasteiger partial charge on any atom is -0.490 e. The van der Waals surface area contributed by atoms with Gasteiger partial charge in [0.2, 0.25) is 11.8 Å². The van der Waals surface area contributed by atoms with Gasteiger partial charge in [0.15, 0.2) is 11.5 Å². The monoisotopic (exact) mass is 461 g/mol. The molecular weight excluding hydrogens is 438 g/mol. The van der Waals surface area contributed by atoms with Crippen LogP contribution in [0.3, 0.4) is 0 Å². The molecular formula is C21H24BrN3O4. The Morgan fingerprint density at radius 1 is 1.07 bits per heavy atom. The number of hydrogen-bond acceptors (Lipinski definition) is 5. The van der Waals surface area contributed by atoms with Gasteiger partial charge in [0, 0.05) is 4.47 Å². The summed E-state index contributed by atoms with van der Waals surface area (Å²) in [6, 6.07) is 12.6. The highest BCUT2D eigenvalue weighted by Crippen LogP contribution is 2.28. The van der Waals surface area contributed by atoms with Gasteiger partial charge >= 0.3 is 0 Å². The lowest BCUT2D eigenvalue weighted by Gasteiger charge is -2.11. The smallest absolute Gasteiger partial charge is 0.249 e. The first-order valence-corrected chi connectivity index (χ1v) is 10.1. The molecule has 0 spiro atoms. The maximum absolute atomic E-state index is 12.0. The number of nitrogens with one attached hydrogen (secondary N) is 2. The molecule has 0 saturated heterocycles. The standard InChI is InChI=1S/C21H24BrN3O4/c1-3-11-29-18-10-9-15(12-19(18)28-4-2)14-23-25-21(27)13-20(26)24-17-8-6-5-7-16(17)22/h5-10,12,14H,3-4,11,13H2,1-2H3,(H,24,26)(H,25,27). The third-order valence-corrected chi connectivity index (χ3v) is 4.29. The molecule has 0 atom stereocenters. The van der Waals surface area contributed by atoms with Crippen LogP contribution in [-0.2, 0) is 9.59 Å². The number of benzene rings is 2. The Hall–Kier alpha value is -2.87. The number of amides is 2. The molecule has 0 aliphatic heterocycles. The number of hydrazone groups is 1. The molecule has 0 saturated carbocycles. The third-order valence-electron chi connectivity index (χ3n) is 3.60. The van der Waals surface area contributed by atoms with Crippen LogP contribution in [0.4, 0.5) is 5.69 Å². The Balaban J connectivity index is 1.89. The van der Waals surface area contributed by atoms with Crippen molar-refractivity contribution in [3.63, 3.8) is 0 Å². The van der Waals surface area contributed by atoms with Crippen molar-refractivity contribution in [3.8, 4) is 11.5 Å². The van der Waals surface area contributed by atoms with Crippen LogP contribution in [0.5, 0.6) is 11.5 Å². The van der Waals surface area contributed by atoms with Crippen LogP contribution >= 0.6 is 15.9 Å². The van der Waals surface area contributed by atoms with E-state index in [4.69, 9.17) is 9.47 Å². The van der Waals surface area contributed by atoms with Crippen molar-refractivity contribution in [2.45, 2.75) is 26.7 Å². The first-order valence-electron chi connectivity index (χ1n) is 9.29. The quantitative estimate of drug-likeness (QED) is 0.316. The van der Waals surface area contributed by atoms with Crippen LogP contribution in [0.15, 0.2) is 52.0 Å². The molecule has 0 unspecified atom stereocenters. The fraction of sp³-hybridized carbons (Fsp3) is 0.286. The van der Waals surface area contributed by atoms with Crippen molar-refractivity contribution in [2.75, 3.05) is 18.5 Å². The van der Waals surface area contributed by atoms with Gasteiger partial charge in [-0.15, -0.1) is 0 Å². The zero-order chi connectivity index (χ0) is 21.1.